The summed E-state index contributed by atoms with van der Waals surface area (Å²) < 4.78 is 4.71. The van der Waals surface area contributed by atoms with Gasteiger partial charge in [-0.3, -0.25) is 4.79 Å². The Morgan fingerprint density at radius 2 is 2.31 bits per heavy atom. The van der Waals surface area contributed by atoms with Crippen LogP contribution < -0.4 is 4.90 Å². The van der Waals surface area contributed by atoms with Gasteiger partial charge in [0, 0.05) is 23.7 Å². The molecule has 4 heteroatoms. The highest BCUT2D eigenvalue weighted by molar-refractivity contribution is 7.99. The van der Waals surface area contributed by atoms with Crippen molar-refractivity contribution in [2.24, 2.45) is 0 Å². The Balaban J connectivity index is 2.15. The van der Waals surface area contributed by atoms with E-state index in [1.54, 1.807) is 11.8 Å². The summed E-state index contributed by atoms with van der Waals surface area (Å²) in [6.45, 7) is 0. The zero-order valence-electron chi connectivity index (χ0n) is 9.47. The van der Waals surface area contributed by atoms with Crippen LogP contribution in [0, 0.1) is 0 Å². The maximum absolute atomic E-state index is 11.3. The van der Waals surface area contributed by atoms with Crippen LogP contribution in [0.15, 0.2) is 29.2 Å². The van der Waals surface area contributed by atoms with Crippen molar-refractivity contribution in [1.82, 2.24) is 0 Å². The molecule has 1 aliphatic rings. The summed E-state index contributed by atoms with van der Waals surface area (Å²) >= 11 is 1.80. The first kappa shape index (κ1) is 11.3. The summed E-state index contributed by atoms with van der Waals surface area (Å²) in [5.41, 5.74) is 1.20. The standard InChI is InChI=1S/C12H15NO2S/c1-13-9(7-12(14)15-2)8-16-11-6-4-3-5-10(11)13/h3-6,9H,7-8H2,1-2H3. The zero-order valence-corrected chi connectivity index (χ0v) is 10.3. The van der Waals surface area contributed by atoms with E-state index in [2.05, 4.69) is 17.0 Å². The third-order valence-corrected chi connectivity index (χ3v) is 4.06. The van der Waals surface area contributed by atoms with Crippen molar-refractivity contribution in [3.05, 3.63) is 24.3 Å². The largest absolute Gasteiger partial charge is 0.469 e. The number of esters is 1. The second kappa shape index (κ2) is 4.78. The van der Waals surface area contributed by atoms with E-state index in [-0.39, 0.29) is 12.0 Å². The number of ether oxygens (including phenoxy) is 1. The van der Waals surface area contributed by atoms with Gasteiger partial charge >= 0.3 is 5.97 Å². The molecule has 1 atom stereocenters. The number of fused-ring (bicyclic) bond motifs is 1. The van der Waals surface area contributed by atoms with E-state index >= 15 is 0 Å². The van der Waals surface area contributed by atoms with Crippen molar-refractivity contribution >= 4 is 23.4 Å². The lowest BCUT2D eigenvalue weighted by atomic mass is 10.1. The van der Waals surface area contributed by atoms with Crippen LogP contribution in [-0.2, 0) is 9.53 Å². The Bertz CT molecular complexity index is 394. The molecule has 2 rings (SSSR count). The first-order chi connectivity index (χ1) is 7.72. The molecule has 1 unspecified atom stereocenters. The number of hydrogen-bond acceptors (Lipinski definition) is 4. The molecule has 0 aliphatic carbocycles. The first-order valence-corrected chi connectivity index (χ1v) is 6.22. The predicted molar refractivity (Wildman–Crippen MR) is 66.0 cm³/mol. The number of carbonyl (C=O) groups is 1. The van der Waals surface area contributed by atoms with Gasteiger partial charge in [0.25, 0.3) is 0 Å². The maximum atomic E-state index is 11.3. The third kappa shape index (κ3) is 2.16. The fourth-order valence-corrected chi connectivity index (χ4v) is 3.08. The average molecular weight is 237 g/mol. The normalized spacial score (nSPS) is 19.1. The molecule has 0 saturated carbocycles. The van der Waals surface area contributed by atoms with E-state index in [0.29, 0.717) is 6.42 Å². The van der Waals surface area contributed by atoms with Crippen molar-refractivity contribution in [2.45, 2.75) is 17.4 Å². The number of benzene rings is 1. The molecule has 1 aromatic carbocycles. The van der Waals surface area contributed by atoms with Gasteiger partial charge in [-0.15, -0.1) is 11.8 Å². The van der Waals surface area contributed by atoms with Gasteiger partial charge in [-0.25, -0.2) is 0 Å². The average Bonchev–Trinajstić information content (AvgIpc) is 2.33. The number of thioether (sulfide) groups is 1. The lowest BCUT2D eigenvalue weighted by molar-refractivity contribution is -0.140. The van der Waals surface area contributed by atoms with Crippen molar-refractivity contribution in [3.63, 3.8) is 0 Å². The third-order valence-electron chi connectivity index (χ3n) is 2.85. The van der Waals surface area contributed by atoms with Crippen LogP contribution in [0.2, 0.25) is 0 Å². The van der Waals surface area contributed by atoms with Crippen molar-refractivity contribution in [2.75, 3.05) is 24.8 Å². The Morgan fingerprint density at radius 1 is 1.56 bits per heavy atom. The van der Waals surface area contributed by atoms with E-state index in [1.165, 1.54) is 17.7 Å². The lowest BCUT2D eigenvalue weighted by Crippen LogP contribution is -2.38. The minimum Gasteiger partial charge on any atom is -0.469 e. The van der Waals surface area contributed by atoms with Gasteiger partial charge in [0.05, 0.1) is 19.2 Å². The van der Waals surface area contributed by atoms with Gasteiger partial charge in [0.15, 0.2) is 0 Å². The molecular weight excluding hydrogens is 222 g/mol. The minimum atomic E-state index is -0.142. The van der Waals surface area contributed by atoms with Gasteiger partial charge < -0.3 is 9.64 Å². The second-order valence-corrected chi connectivity index (χ2v) is 4.89. The summed E-state index contributed by atoms with van der Waals surface area (Å²) in [6.07, 6.45) is 0.453. The van der Waals surface area contributed by atoms with E-state index in [0.717, 1.165) is 5.75 Å². The van der Waals surface area contributed by atoms with Crippen molar-refractivity contribution in [3.8, 4) is 0 Å². The first-order valence-electron chi connectivity index (χ1n) is 5.24. The topological polar surface area (TPSA) is 29.5 Å². The van der Waals surface area contributed by atoms with E-state index in [1.807, 2.05) is 19.2 Å². The van der Waals surface area contributed by atoms with E-state index in [4.69, 9.17) is 4.74 Å². The fraction of sp³-hybridized carbons (Fsp3) is 0.417. The molecule has 1 heterocycles. The monoisotopic (exact) mass is 237 g/mol. The lowest BCUT2D eigenvalue weighted by Gasteiger charge is -2.34. The number of anilines is 1. The van der Waals surface area contributed by atoms with Crippen LogP contribution in [0.5, 0.6) is 0 Å². The van der Waals surface area contributed by atoms with E-state index in [9.17, 15) is 4.79 Å². The number of nitrogens with zero attached hydrogens (tertiary/aromatic N) is 1. The second-order valence-electron chi connectivity index (χ2n) is 3.82. The highest BCUT2D eigenvalue weighted by Crippen LogP contribution is 2.36. The Hall–Kier alpha value is -1.16. The smallest absolute Gasteiger partial charge is 0.307 e. The minimum absolute atomic E-state index is 0.142. The van der Waals surface area contributed by atoms with Crippen LogP contribution >= 0.6 is 11.8 Å². The molecular formula is C12H15NO2S. The van der Waals surface area contributed by atoms with Gasteiger partial charge in [0.1, 0.15) is 0 Å². The van der Waals surface area contributed by atoms with Crippen LogP contribution in [0.25, 0.3) is 0 Å². The molecule has 0 fully saturated rings. The van der Waals surface area contributed by atoms with Gasteiger partial charge in [0.2, 0.25) is 0 Å². The van der Waals surface area contributed by atoms with Crippen molar-refractivity contribution < 1.29 is 9.53 Å². The van der Waals surface area contributed by atoms with Crippen LogP contribution in [-0.4, -0.2) is 31.9 Å². The highest BCUT2D eigenvalue weighted by atomic mass is 32.2. The van der Waals surface area contributed by atoms with Crippen molar-refractivity contribution in [1.29, 1.82) is 0 Å². The van der Waals surface area contributed by atoms with E-state index < -0.39 is 0 Å². The Morgan fingerprint density at radius 3 is 3.06 bits per heavy atom. The Kier molecular flexibility index (Phi) is 3.39. The zero-order chi connectivity index (χ0) is 11.5. The fourth-order valence-electron chi connectivity index (χ4n) is 1.84. The number of para-hydroxylation sites is 1. The quantitative estimate of drug-likeness (QED) is 0.737. The number of hydrogen-bond donors (Lipinski definition) is 0. The molecule has 1 aliphatic heterocycles. The van der Waals surface area contributed by atoms with Crippen LogP contribution in [0.3, 0.4) is 0 Å². The predicted octanol–water partition coefficient (Wildman–Crippen LogP) is 2.16. The molecule has 0 aromatic heterocycles. The summed E-state index contributed by atoms with van der Waals surface area (Å²) in [7, 11) is 3.47. The van der Waals surface area contributed by atoms with Gasteiger partial charge in [-0.1, -0.05) is 12.1 Å². The number of carbonyl (C=O) groups excluding carboxylic acids is 1. The summed E-state index contributed by atoms with van der Waals surface area (Å²) in [4.78, 5) is 14.7. The number of rotatable bonds is 2. The molecule has 0 spiro atoms. The molecule has 86 valence electrons. The molecule has 16 heavy (non-hydrogen) atoms. The van der Waals surface area contributed by atoms with Gasteiger partial charge in [-0.2, -0.15) is 0 Å². The highest BCUT2D eigenvalue weighted by Gasteiger charge is 2.25. The Labute approximate surface area is 99.8 Å². The van der Waals surface area contributed by atoms with Gasteiger partial charge in [-0.05, 0) is 12.1 Å². The summed E-state index contributed by atoms with van der Waals surface area (Å²) in [5.74, 6) is 0.791. The molecule has 0 N–H and O–H groups in total. The maximum Gasteiger partial charge on any atom is 0.307 e. The molecule has 0 amide bonds. The number of methoxy groups -OCH3 is 1. The molecule has 1 aromatic rings. The summed E-state index contributed by atoms with van der Waals surface area (Å²) in [6, 6.07) is 8.50. The molecule has 0 bridgehead atoms. The van der Waals surface area contributed by atoms with Crippen LogP contribution in [0.1, 0.15) is 6.42 Å². The SMILES string of the molecule is COC(=O)CC1CSc2ccccc2N1C. The molecule has 0 saturated heterocycles. The summed E-state index contributed by atoms with van der Waals surface area (Å²) in [5, 5.41) is 0. The molecule has 0 radical (unpaired) electrons. The molecule has 3 nitrogen and oxygen atoms in total. The van der Waals surface area contributed by atoms with Crippen LogP contribution in [0.4, 0.5) is 5.69 Å².